The molecule has 0 radical (unpaired) electrons. The molecular formula is C13H18N2OS. The van der Waals surface area contributed by atoms with Crippen LogP contribution in [-0.4, -0.2) is 17.0 Å². The standard InChI is InChI=1S/C13H18N2OS/c1-8-6-9(2)12-11(7-8)15-13(16-12)10(14)4-5-17-3/h6-7,10H,4-5,14H2,1-3H3. The van der Waals surface area contributed by atoms with Crippen molar-refractivity contribution in [1.82, 2.24) is 4.98 Å². The summed E-state index contributed by atoms with van der Waals surface area (Å²) >= 11 is 1.79. The lowest BCUT2D eigenvalue weighted by atomic mass is 10.1. The zero-order valence-electron chi connectivity index (χ0n) is 10.5. The smallest absolute Gasteiger partial charge is 0.212 e. The summed E-state index contributed by atoms with van der Waals surface area (Å²) in [6.07, 6.45) is 2.97. The summed E-state index contributed by atoms with van der Waals surface area (Å²) in [4.78, 5) is 4.49. The third-order valence-corrected chi connectivity index (χ3v) is 3.43. The van der Waals surface area contributed by atoms with E-state index in [1.807, 2.05) is 13.0 Å². The molecule has 1 heterocycles. The fraction of sp³-hybridized carbons (Fsp3) is 0.462. The number of oxazole rings is 1. The highest BCUT2D eigenvalue weighted by atomic mass is 32.2. The number of hydrogen-bond acceptors (Lipinski definition) is 4. The molecular weight excluding hydrogens is 232 g/mol. The summed E-state index contributed by atoms with van der Waals surface area (Å²) in [7, 11) is 0. The van der Waals surface area contributed by atoms with Crippen LogP contribution < -0.4 is 5.73 Å². The SMILES string of the molecule is CSCCC(N)c1nc2cc(C)cc(C)c2o1. The van der Waals surface area contributed by atoms with Crippen molar-refractivity contribution in [2.75, 3.05) is 12.0 Å². The van der Waals surface area contributed by atoms with Crippen molar-refractivity contribution < 1.29 is 4.42 Å². The van der Waals surface area contributed by atoms with E-state index in [0.29, 0.717) is 5.89 Å². The third-order valence-electron chi connectivity index (χ3n) is 2.79. The molecule has 0 aliphatic carbocycles. The quantitative estimate of drug-likeness (QED) is 0.905. The van der Waals surface area contributed by atoms with Gasteiger partial charge in [0.2, 0.25) is 5.89 Å². The predicted octanol–water partition coefficient (Wildman–Crippen LogP) is 3.20. The molecule has 1 unspecified atom stereocenters. The van der Waals surface area contributed by atoms with Crippen molar-refractivity contribution in [3.05, 3.63) is 29.2 Å². The monoisotopic (exact) mass is 250 g/mol. The molecule has 0 saturated carbocycles. The summed E-state index contributed by atoms with van der Waals surface area (Å²) in [6, 6.07) is 4.04. The van der Waals surface area contributed by atoms with Crippen LogP contribution in [0.3, 0.4) is 0 Å². The van der Waals surface area contributed by atoms with Crippen molar-refractivity contribution in [2.45, 2.75) is 26.3 Å². The van der Waals surface area contributed by atoms with Crippen LogP contribution in [0.5, 0.6) is 0 Å². The molecule has 4 heteroatoms. The average Bonchev–Trinajstić information content (AvgIpc) is 2.69. The lowest BCUT2D eigenvalue weighted by molar-refractivity contribution is 0.469. The number of hydrogen-bond donors (Lipinski definition) is 1. The van der Waals surface area contributed by atoms with Crippen LogP contribution in [0.1, 0.15) is 29.5 Å². The third kappa shape index (κ3) is 2.64. The van der Waals surface area contributed by atoms with Gasteiger partial charge in [-0.15, -0.1) is 0 Å². The van der Waals surface area contributed by atoms with Crippen molar-refractivity contribution in [2.24, 2.45) is 5.73 Å². The van der Waals surface area contributed by atoms with Gasteiger partial charge in [0.25, 0.3) is 0 Å². The van der Waals surface area contributed by atoms with Gasteiger partial charge >= 0.3 is 0 Å². The van der Waals surface area contributed by atoms with E-state index in [1.54, 1.807) is 11.8 Å². The molecule has 17 heavy (non-hydrogen) atoms. The van der Waals surface area contributed by atoms with Crippen LogP contribution in [0.15, 0.2) is 16.5 Å². The van der Waals surface area contributed by atoms with Gasteiger partial charge in [0.1, 0.15) is 5.52 Å². The van der Waals surface area contributed by atoms with Crippen LogP contribution in [0, 0.1) is 13.8 Å². The minimum absolute atomic E-state index is 0.102. The van der Waals surface area contributed by atoms with E-state index in [0.717, 1.165) is 28.8 Å². The molecule has 0 bridgehead atoms. The van der Waals surface area contributed by atoms with Gasteiger partial charge in [0, 0.05) is 0 Å². The van der Waals surface area contributed by atoms with Crippen molar-refractivity contribution in [3.63, 3.8) is 0 Å². The highest BCUT2D eigenvalue weighted by Crippen LogP contribution is 2.25. The number of nitrogens with two attached hydrogens (primary N) is 1. The Morgan fingerprint density at radius 2 is 2.18 bits per heavy atom. The Balaban J connectivity index is 2.34. The maximum absolute atomic E-state index is 6.06. The average molecular weight is 250 g/mol. The van der Waals surface area contributed by atoms with Gasteiger partial charge in [0.05, 0.1) is 6.04 Å². The number of benzene rings is 1. The highest BCUT2D eigenvalue weighted by molar-refractivity contribution is 7.98. The Morgan fingerprint density at radius 1 is 1.41 bits per heavy atom. The van der Waals surface area contributed by atoms with Gasteiger partial charge in [-0.1, -0.05) is 6.07 Å². The van der Waals surface area contributed by atoms with E-state index in [9.17, 15) is 0 Å². The fourth-order valence-corrected chi connectivity index (χ4v) is 2.41. The Labute approximate surface area is 106 Å². The Bertz CT molecular complexity index is 521. The van der Waals surface area contributed by atoms with E-state index >= 15 is 0 Å². The van der Waals surface area contributed by atoms with Crippen LogP contribution in [0.2, 0.25) is 0 Å². The molecule has 0 fully saturated rings. The van der Waals surface area contributed by atoms with E-state index in [4.69, 9.17) is 10.2 Å². The highest BCUT2D eigenvalue weighted by Gasteiger charge is 2.14. The molecule has 0 aliphatic rings. The second-order valence-electron chi connectivity index (χ2n) is 4.37. The molecule has 0 saturated heterocycles. The van der Waals surface area contributed by atoms with E-state index in [-0.39, 0.29) is 6.04 Å². The predicted molar refractivity (Wildman–Crippen MR) is 73.4 cm³/mol. The first-order chi connectivity index (χ1) is 8.11. The number of nitrogens with zero attached hydrogens (tertiary/aromatic N) is 1. The Morgan fingerprint density at radius 3 is 2.88 bits per heavy atom. The maximum atomic E-state index is 6.06. The first kappa shape index (κ1) is 12.5. The molecule has 2 rings (SSSR count). The molecule has 1 aromatic heterocycles. The first-order valence-electron chi connectivity index (χ1n) is 5.74. The van der Waals surface area contributed by atoms with Crippen molar-refractivity contribution >= 4 is 22.9 Å². The lowest BCUT2D eigenvalue weighted by Crippen LogP contribution is -2.11. The second-order valence-corrected chi connectivity index (χ2v) is 5.36. The summed E-state index contributed by atoms with van der Waals surface area (Å²) in [5.41, 5.74) is 10.2. The first-order valence-corrected chi connectivity index (χ1v) is 7.13. The molecule has 3 nitrogen and oxygen atoms in total. The maximum Gasteiger partial charge on any atom is 0.212 e. The molecule has 1 atom stereocenters. The van der Waals surface area contributed by atoms with Gasteiger partial charge in [-0.05, 0) is 49.5 Å². The molecule has 0 amide bonds. The molecule has 2 N–H and O–H groups in total. The van der Waals surface area contributed by atoms with E-state index < -0.39 is 0 Å². The molecule has 1 aromatic carbocycles. The van der Waals surface area contributed by atoms with Crippen LogP contribution >= 0.6 is 11.8 Å². The van der Waals surface area contributed by atoms with Gasteiger partial charge in [-0.3, -0.25) is 0 Å². The normalized spacial score (nSPS) is 13.2. The zero-order valence-corrected chi connectivity index (χ0v) is 11.3. The Hall–Kier alpha value is -1.00. The number of thioether (sulfide) groups is 1. The van der Waals surface area contributed by atoms with E-state index in [1.165, 1.54) is 5.56 Å². The van der Waals surface area contributed by atoms with Gasteiger partial charge in [0.15, 0.2) is 5.58 Å². The van der Waals surface area contributed by atoms with Crippen LogP contribution in [0.4, 0.5) is 0 Å². The number of fused-ring (bicyclic) bond motifs is 1. The molecule has 2 aromatic rings. The number of rotatable bonds is 4. The molecule has 0 spiro atoms. The minimum atomic E-state index is -0.102. The van der Waals surface area contributed by atoms with Gasteiger partial charge < -0.3 is 10.2 Å². The largest absolute Gasteiger partial charge is 0.439 e. The molecule has 0 aliphatic heterocycles. The second kappa shape index (κ2) is 5.10. The lowest BCUT2D eigenvalue weighted by Gasteiger charge is -2.04. The van der Waals surface area contributed by atoms with Gasteiger partial charge in [-0.2, -0.15) is 11.8 Å². The summed E-state index contributed by atoms with van der Waals surface area (Å²) in [5, 5.41) is 0. The van der Waals surface area contributed by atoms with Crippen molar-refractivity contribution in [3.8, 4) is 0 Å². The van der Waals surface area contributed by atoms with Crippen LogP contribution in [-0.2, 0) is 0 Å². The fourth-order valence-electron chi connectivity index (χ4n) is 1.92. The topological polar surface area (TPSA) is 52.0 Å². The number of aryl methyl sites for hydroxylation is 2. The summed E-state index contributed by atoms with van der Waals surface area (Å²) in [6.45, 7) is 4.10. The zero-order chi connectivity index (χ0) is 12.4. The molecule has 92 valence electrons. The summed E-state index contributed by atoms with van der Waals surface area (Å²) < 4.78 is 5.77. The van der Waals surface area contributed by atoms with E-state index in [2.05, 4.69) is 24.2 Å². The minimum Gasteiger partial charge on any atom is -0.439 e. The summed E-state index contributed by atoms with van der Waals surface area (Å²) in [5.74, 6) is 1.68. The Kier molecular flexibility index (Phi) is 3.74. The van der Waals surface area contributed by atoms with Gasteiger partial charge in [-0.25, -0.2) is 4.98 Å². The number of aromatic nitrogens is 1. The van der Waals surface area contributed by atoms with Crippen molar-refractivity contribution in [1.29, 1.82) is 0 Å². The van der Waals surface area contributed by atoms with Crippen LogP contribution in [0.25, 0.3) is 11.1 Å².